The number of phenolic OH excluding ortho intramolecular Hbond substituents is 1. The molecule has 0 radical (unpaired) electrons. The van der Waals surface area contributed by atoms with Gasteiger partial charge in [0.05, 0.1) is 11.7 Å². The van der Waals surface area contributed by atoms with E-state index in [1.807, 2.05) is 12.1 Å². The van der Waals surface area contributed by atoms with Gasteiger partial charge in [0.2, 0.25) is 0 Å². The van der Waals surface area contributed by atoms with Crippen molar-refractivity contribution in [2.24, 2.45) is 0 Å². The summed E-state index contributed by atoms with van der Waals surface area (Å²) in [4.78, 5) is 0. The lowest BCUT2D eigenvalue weighted by atomic mass is 9.87. The summed E-state index contributed by atoms with van der Waals surface area (Å²) in [5.74, 6) is 0.322. The summed E-state index contributed by atoms with van der Waals surface area (Å²) in [6, 6.07) is 7.54. The maximum atomic E-state index is 9.45. The fourth-order valence-electron chi connectivity index (χ4n) is 3.16. The molecule has 2 heteroatoms. The summed E-state index contributed by atoms with van der Waals surface area (Å²) < 4.78 is 6.52. The Morgan fingerprint density at radius 1 is 1.05 bits per heavy atom. The minimum absolute atomic E-state index is 0.185. The smallest absolute Gasteiger partial charge is 0.115 e. The topological polar surface area (TPSA) is 29.5 Å². The van der Waals surface area contributed by atoms with Crippen molar-refractivity contribution in [1.82, 2.24) is 0 Å². The molecule has 0 saturated heterocycles. The molecule has 1 aliphatic rings. The monoisotopic (exact) mass is 262 g/mol. The van der Waals surface area contributed by atoms with Gasteiger partial charge < -0.3 is 9.84 Å². The molecule has 0 aromatic heterocycles. The molecule has 0 heterocycles. The first-order chi connectivity index (χ1) is 9.20. The number of phenols is 1. The fraction of sp³-hybridized carbons (Fsp3) is 0.647. The quantitative estimate of drug-likeness (QED) is 0.829. The number of rotatable bonds is 5. The minimum Gasteiger partial charge on any atom is -0.508 e. The van der Waals surface area contributed by atoms with Crippen LogP contribution in [0.4, 0.5) is 0 Å². The number of hydrogen-bond donors (Lipinski definition) is 1. The zero-order chi connectivity index (χ0) is 13.7. The van der Waals surface area contributed by atoms with Crippen molar-refractivity contribution < 1.29 is 9.84 Å². The van der Waals surface area contributed by atoms with Crippen LogP contribution < -0.4 is 0 Å². The van der Waals surface area contributed by atoms with Gasteiger partial charge in [-0.1, -0.05) is 45.2 Å². The minimum atomic E-state index is -0.185. The van der Waals surface area contributed by atoms with Gasteiger partial charge in [-0.3, -0.25) is 0 Å². The number of aromatic hydroxyl groups is 1. The van der Waals surface area contributed by atoms with E-state index in [1.165, 1.54) is 37.7 Å². The van der Waals surface area contributed by atoms with E-state index < -0.39 is 0 Å². The molecule has 2 rings (SSSR count). The third-order valence-corrected chi connectivity index (χ3v) is 4.48. The van der Waals surface area contributed by atoms with Gasteiger partial charge in [-0.05, 0) is 43.4 Å². The van der Waals surface area contributed by atoms with Gasteiger partial charge in [0.1, 0.15) is 5.75 Å². The zero-order valence-electron chi connectivity index (χ0n) is 12.2. The van der Waals surface area contributed by atoms with Crippen LogP contribution in [0.3, 0.4) is 0 Å². The first-order valence-electron chi connectivity index (χ1n) is 7.67. The summed E-state index contributed by atoms with van der Waals surface area (Å²) in [6.45, 7) is 4.39. The molecular formula is C17H26O2. The van der Waals surface area contributed by atoms with Crippen LogP contribution >= 0.6 is 0 Å². The molecule has 1 fully saturated rings. The highest BCUT2D eigenvalue weighted by Gasteiger charge is 2.32. The van der Waals surface area contributed by atoms with Gasteiger partial charge in [-0.25, -0.2) is 0 Å². The van der Waals surface area contributed by atoms with Crippen LogP contribution in [-0.2, 0) is 10.3 Å². The Morgan fingerprint density at radius 3 is 2.16 bits per heavy atom. The molecule has 1 N–H and O–H groups in total. The Kier molecular flexibility index (Phi) is 4.87. The Morgan fingerprint density at radius 2 is 1.63 bits per heavy atom. The molecule has 0 spiro atoms. The summed E-state index contributed by atoms with van der Waals surface area (Å²) in [6.07, 6.45) is 8.69. The van der Waals surface area contributed by atoms with Crippen molar-refractivity contribution in [2.75, 3.05) is 0 Å². The van der Waals surface area contributed by atoms with Crippen molar-refractivity contribution in [3.05, 3.63) is 29.8 Å². The van der Waals surface area contributed by atoms with E-state index in [-0.39, 0.29) is 5.60 Å². The van der Waals surface area contributed by atoms with E-state index >= 15 is 0 Å². The maximum absolute atomic E-state index is 9.45. The third-order valence-electron chi connectivity index (χ3n) is 4.48. The zero-order valence-corrected chi connectivity index (χ0v) is 12.2. The van der Waals surface area contributed by atoms with Crippen LogP contribution in [0.15, 0.2) is 24.3 Å². The van der Waals surface area contributed by atoms with Crippen molar-refractivity contribution in [3.8, 4) is 5.75 Å². The van der Waals surface area contributed by atoms with Crippen LogP contribution in [0.1, 0.15) is 64.4 Å². The Balaban J connectivity index is 2.18. The molecule has 106 valence electrons. The molecule has 0 bridgehead atoms. The van der Waals surface area contributed by atoms with Crippen molar-refractivity contribution >= 4 is 0 Å². The second-order valence-electron chi connectivity index (χ2n) is 5.63. The second kappa shape index (κ2) is 6.42. The van der Waals surface area contributed by atoms with Gasteiger partial charge in [-0.15, -0.1) is 0 Å². The highest BCUT2D eigenvalue weighted by molar-refractivity contribution is 5.30. The highest BCUT2D eigenvalue weighted by Crippen LogP contribution is 2.37. The molecule has 1 saturated carbocycles. The van der Waals surface area contributed by atoms with Gasteiger partial charge in [-0.2, -0.15) is 0 Å². The van der Waals surface area contributed by atoms with Gasteiger partial charge in [0, 0.05) is 0 Å². The van der Waals surface area contributed by atoms with Crippen LogP contribution in [-0.4, -0.2) is 11.2 Å². The lowest BCUT2D eigenvalue weighted by Gasteiger charge is -2.38. The molecule has 0 atom stereocenters. The van der Waals surface area contributed by atoms with Gasteiger partial charge >= 0.3 is 0 Å². The van der Waals surface area contributed by atoms with Crippen LogP contribution in [0, 0.1) is 0 Å². The summed E-state index contributed by atoms with van der Waals surface area (Å²) >= 11 is 0. The largest absolute Gasteiger partial charge is 0.508 e. The Hall–Kier alpha value is -1.02. The van der Waals surface area contributed by atoms with Crippen molar-refractivity contribution in [3.63, 3.8) is 0 Å². The van der Waals surface area contributed by atoms with Gasteiger partial charge in [0.25, 0.3) is 0 Å². The van der Waals surface area contributed by atoms with E-state index in [4.69, 9.17) is 4.74 Å². The fourth-order valence-corrected chi connectivity index (χ4v) is 3.16. The van der Waals surface area contributed by atoms with E-state index in [1.54, 1.807) is 12.1 Å². The maximum Gasteiger partial charge on any atom is 0.115 e. The van der Waals surface area contributed by atoms with E-state index in [2.05, 4.69) is 13.8 Å². The number of benzene rings is 1. The molecule has 2 nitrogen and oxygen atoms in total. The standard InChI is InChI=1S/C17H26O2/c1-3-17(4-2,14-10-12-15(18)13-11-14)19-16-8-6-5-7-9-16/h10-13,16,18H,3-9H2,1-2H3. The Labute approximate surface area is 116 Å². The SMILES string of the molecule is CCC(CC)(OC1CCCCC1)c1ccc(O)cc1. The third kappa shape index (κ3) is 3.30. The molecule has 0 aliphatic heterocycles. The van der Waals surface area contributed by atoms with Gasteiger partial charge in [0.15, 0.2) is 0 Å². The van der Waals surface area contributed by atoms with Crippen LogP contribution in [0.25, 0.3) is 0 Å². The Bertz CT molecular complexity index is 373. The molecule has 0 unspecified atom stereocenters. The van der Waals surface area contributed by atoms with E-state index in [0.717, 1.165) is 12.8 Å². The average Bonchev–Trinajstić information content (AvgIpc) is 2.47. The molecule has 0 amide bonds. The predicted octanol–water partition coefficient (Wildman–Crippen LogP) is 4.76. The second-order valence-corrected chi connectivity index (χ2v) is 5.63. The lowest BCUT2D eigenvalue weighted by molar-refractivity contribution is -0.116. The van der Waals surface area contributed by atoms with E-state index in [9.17, 15) is 5.11 Å². The normalized spacial score (nSPS) is 17.6. The lowest BCUT2D eigenvalue weighted by Crippen LogP contribution is -2.34. The summed E-state index contributed by atoms with van der Waals surface area (Å²) in [7, 11) is 0. The molecule has 19 heavy (non-hydrogen) atoms. The average molecular weight is 262 g/mol. The molecule has 1 aromatic carbocycles. The first-order valence-corrected chi connectivity index (χ1v) is 7.67. The molecule has 1 aliphatic carbocycles. The highest BCUT2D eigenvalue weighted by atomic mass is 16.5. The number of ether oxygens (including phenoxy) is 1. The molecular weight excluding hydrogens is 236 g/mol. The van der Waals surface area contributed by atoms with E-state index in [0.29, 0.717) is 11.9 Å². The van der Waals surface area contributed by atoms with Crippen molar-refractivity contribution in [2.45, 2.75) is 70.5 Å². The predicted molar refractivity (Wildman–Crippen MR) is 78.3 cm³/mol. The first kappa shape index (κ1) is 14.4. The van der Waals surface area contributed by atoms with Crippen LogP contribution in [0.5, 0.6) is 5.75 Å². The molecule has 1 aromatic rings. The van der Waals surface area contributed by atoms with Crippen molar-refractivity contribution in [1.29, 1.82) is 0 Å². The van der Waals surface area contributed by atoms with Crippen LogP contribution in [0.2, 0.25) is 0 Å². The number of hydrogen-bond acceptors (Lipinski definition) is 2. The summed E-state index contributed by atoms with van der Waals surface area (Å²) in [5.41, 5.74) is 1.01. The summed E-state index contributed by atoms with van der Waals surface area (Å²) in [5, 5.41) is 9.45.